The zero-order chi connectivity index (χ0) is 16.2. The Kier molecular flexibility index (Phi) is 5.03. The second kappa shape index (κ2) is 6.79. The van der Waals surface area contributed by atoms with Crippen molar-refractivity contribution in [3.8, 4) is 5.75 Å². The number of nitrogens with one attached hydrogen (secondary N) is 1. The quantitative estimate of drug-likeness (QED) is 0.887. The summed E-state index contributed by atoms with van der Waals surface area (Å²) >= 11 is 0. The van der Waals surface area contributed by atoms with E-state index in [4.69, 9.17) is 4.74 Å². The van der Waals surface area contributed by atoms with Crippen molar-refractivity contribution in [1.82, 2.24) is 0 Å². The van der Waals surface area contributed by atoms with Crippen molar-refractivity contribution in [2.45, 2.75) is 19.1 Å². The van der Waals surface area contributed by atoms with Crippen molar-refractivity contribution in [3.05, 3.63) is 59.4 Å². The zero-order valence-corrected chi connectivity index (χ0v) is 13.3. The zero-order valence-electron chi connectivity index (χ0n) is 12.5. The molecule has 0 saturated carbocycles. The predicted molar refractivity (Wildman–Crippen MR) is 85.0 cm³/mol. The van der Waals surface area contributed by atoms with Gasteiger partial charge in [-0.05, 0) is 47.9 Å². The van der Waals surface area contributed by atoms with Crippen LogP contribution in [0.5, 0.6) is 5.75 Å². The molecule has 0 aliphatic heterocycles. The molecule has 0 atom stereocenters. The molecule has 0 radical (unpaired) electrons. The molecule has 0 fully saturated rings. The van der Waals surface area contributed by atoms with Crippen molar-refractivity contribution < 1.29 is 17.5 Å². The van der Waals surface area contributed by atoms with Gasteiger partial charge in [0.2, 0.25) is 10.0 Å². The molecular formula is C16H18FNO3S. The Hall–Kier alpha value is -2.08. The number of rotatable bonds is 6. The molecule has 0 spiro atoms. The second-order valence-corrected chi connectivity index (χ2v) is 6.59. The summed E-state index contributed by atoms with van der Waals surface area (Å²) in [6, 6.07) is 10.5. The second-order valence-electron chi connectivity index (χ2n) is 4.87. The fraction of sp³-hybridized carbons (Fsp3) is 0.250. The minimum absolute atomic E-state index is 0.208. The Morgan fingerprint density at radius 2 is 1.82 bits per heavy atom. The van der Waals surface area contributed by atoms with Crippen LogP contribution in [0.4, 0.5) is 10.1 Å². The maximum absolute atomic E-state index is 12.8. The van der Waals surface area contributed by atoms with Crippen LogP contribution in [-0.4, -0.2) is 15.5 Å². The van der Waals surface area contributed by atoms with Gasteiger partial charge in [0.05, 0.1) is 12.9 Å². The fourth-order valence-corrected chi connectivity index (χ4v) is 3.32. The molecule has 0 unspecified atom stereocenters. The van der Waals surface area contributed by atoms with Gasteiger partial charge < -0.3 is 4.74 Å². The van der Waals surface area contributed by atoms with E-state index in [1.54, 1.807) is 25.3 Å². The lowest BCUT2D eigenvalue weighted by Crippen LogP contribution is -2.15. The minimum Gasteiger partial charge on any atom is -0.496 e. The molecule has 2 rings (SSSR count). The van der Waals surface area contributed by atoms with Crippen molar-refractivity contribution in [2.75, 3.05) is 11.8 Å². The number of sulfonamides is 1. The van der Waals surface area contributed by atoms with Crippen molar-refractivity contribution in [1.29, 1.82) is 0 Å². The Morgan fingerprint density at radius 3 is 2.41 bits per heavy atom. The summed E-state index contributed by atoms with van der Waals surface area (Å²) in [6.07, 6.45) is 0.733. The molecule has 0 aromatic heterocycles. The molecule has 0 aliphatic rings. The van der Waals surface area contributed by atoms with Crippen molar-refractivity contribution >= 4 is 15.7 Å². The van der Waals surface area contributed by atoms with E-state index >= 15 is 0 Å². The monoisotopic (exact) mass is 323 g/mol. The number of ether oxygens (including phenoxy) is 1. The predicted octanol–water partition coefficient (Wildman–Crippen LogP) is 3.34. The van der Waals surface area contributed by atoms with Crippen LogP contribution in [0.15, 0.2) is 42.5 Å². The van der Waals surface area contributed by atoms with E-state index in [0.29, 0.717) is 11.3 Å². The highest BCUT2D eigenvalue weighted by molar-refractivity contribution is 7.91. The third kappa shape index (κ3) is 4.21. The number of anilines is 1. The smallest absolute Gasteiger partial charge is 0.236 e. The van der Waals surface area contributed by atoms with Crippen LogP contribution in [-0.2, 0) is 22.2 Å². The highest BCUT2D eigenvalue weighted by atomic mass is 32.2. The maximum Gasteiger partial charge on any atom is 0.236 e. The van der Waals surface area contributed by atoms with Crippen LogP contribution in [0.3, 0.4) is 0 Å². The maximum atomic E-state index is 12.8. The standard InChI is InChI=1S/C16H18FNO3S/c1-3-13-10-15(8-9-16(13)21-2)18-22(19,20)11-12-4-6-14(17)7-5-12/h4-10,18H,3,11H2,1-2H3. The Bertz CT molecular complexity index is 742. The van der Waals surface area contributed by atoms with Crippen LogP contribution < -0.4 is 9.46 Å². The molecule has 4 nitrogen and oxygen atoms in total. The Balaban J connectivity index is 2.16. The first kappa shape index (κ1) is 16.3. The van der Waals surface area contributed by atoms with Gasteiger partial charge in [0.15, 0.2) is 0 Å². The van der Waals surface area contributed by atoms with Gasteiger partial charge in [0, 0.05) is 5.69 Å². The number of hydrogen-bond donors (Lipinski definition) is 1. The molecule has 118 valence electrons. The van der Waals surface area contributed by atoms with Crippen molar-refractivity contribution in [3.63, 3.8) is 0 Å². The van der Waals surface area contributed by atoms with Gasteiger partial charge in [-0.25, -0.2) is 12.8 Å². The lowest BCUT2D eigenvalue weighted by molar-refractivity contribution is 0.410. The third-order valence-electron chi connectivity index (χ3n) is 3.20. The first-order valence-electron chi connectivity index (χ1n) is 6.85. The lowest BCUT2D eigenvalue weighted by atomic mass is 10.1. The molecular weight excluding hydrogens is 305 g/mol. The van der Waals surface area contributed by atoms with E-state index < -0.39 is 15.8 Å². The molecule has 0 amide bonds. The van der Waals surface area contributed by atoms with E-state index in [0.717, 1.165) is 17.7 Å². The summed E-state index contributed by atoms with van der Waals surface area (Å²) in [5.74, 6) is 0.127. The van der Waals surface area contributed by atoms with Gasteiger partial charge in [-0.1, -0.05) is 19.1 Å². The highest BCUT2D eigenvalue weighted by Crippen LogP contribution is 2.24. The van der Waals surface area contributed by atoms with Gasteiger partial charge in [-0.3, -0.25) is 4.72 Å². The van der Waals surface area contributed by atoms with Gasteiger partial charge >= 0.3 is 0 Å². The molecule has 0 bridgehead atoms. The average molecular weight is 323 g/mol. The average Bonchev–Trinajstić information content (AvgIpc) is 2.48. The van der Waals surface area contributed by atoms with Crippen LogP contribution in [0.2, 0.25) is 0 Å². The van der Waals surface area contributed by atoms with E-state index in [-0.39, 0.29) is 5.75 Å². The first-order chi connectivity index (χ1) is 10.4. The number of hydrogen-bond acceptors (Lipinski definition) is 3. The van der Waals surface area contributed by atoms with Gasteiger partial charge in [-0.15, -0.1) is 0 Å². The molecule has 1 N–H and O–H groups in total. The van der Waals surface area contributed by atoms with Gasteiger partial charge in [-0.2, -0.15) is 0 Å². The van der Waals surface area contributed by atoms with E-state index in [1.807, 2.05) is 6.92 Å². The van der Waals surface area contributed by atoms with Crippen molar-refractivity contribution in [2.24, 2.45) is 0 Å². The summed E-state index contributed by atoms with van der Waals surface area (Å²) in [6.45, 7) is 1.97. The SMILES string of the molecule is CCc1cc(NS(=O)(=O)Cc2ccc(F)cc2)ccc1OC. The van der Waals surface area contributed by atoms with Gasteiger partial charge in [0.1, 0.15) is 11.6 Å². The molecule has 0 saturated heterocycles. The van der Waals surface area contributed by atoms with Crippen LogP contribution in [0.25, 0.3) is 0 Å². The molecule has 6 heteroatoms. The summed E-state index contributed by atoms with van der Waals surface area (Å²) in [4.78, 5) is 0. The van der Waals surface area contributed by atoms with Crippen LogP contribution in [0.1, 0.15) is 18.1 Å². The number of benzene rings is 2. The number of aryl methyl sites for hydroxylation is 1. The normalized spacial score (nSPS) is 11.2. The summed E-state index contributed by atoms with van der Waals surface area (Å²) in [5.41, 5.74) is 1.93. The molecule has 0 heterocycles. The summed E-state index contributed by atoms with van der Waals surface area (Å²) < 4.78 is 44.9. The third-order valence-corrected chi connectivity index (χ3v) is 4.46. The molecule has 2 aromatic carbocycles. The van der Waals surface area contributed by atoms with E-state index in [2.05, 4.69) is 4.72 Å². The molecule has 2 aromatic rings. The lowest BCUT2D eigenvalue weighted by Gasteiger charge is -2.12. The number of methoxy groups -OCH3 is 1. The van der Waals surface area contributed by atoms with Gasteiger partial charge in [0.25, 0.3) is 0 Å². The molecule has 0 aliphatic carbocycles. The fourth-order valence-electron chi connectivity index (χ4n) is 2.13. The highest BCUT2D eigenvalue weighted by Gasteiger charge is 2.13. The minimum atomic E-state index is -3.56. The summed E-state index contributed by atoms with van der Waals surface area (Å²) in [7, 11) is -1.98. The number of halogens is 1. The van der Waals surface area contributed by atoms with Crippen LogP contribution >= 0.6 is 0 Å². The topological polar surface area (TPSA) is 55.4 Å². The molecule has 22 heavy (non-hydrogen) atoms. The Labute approximate surface area is 130 Å². The van der Waals surface area contributed by atoms with Crippen LogP contribution in [0, 0.1) is 5.82 Å². The summed E-state index contributed by atoms with van der Waals surface area (Å²) in [5, 5.41) is 0. The largest absolute Gasteiger partial charge is 0.496 e. The van der Waals surface area contributed by atoms with E-state index in [9.17, 15) is 12.8 Å². The Morgan fingerprint density at radius 1 is 1.14 bits per heavy atom. The first-order valence-corrected chi connectivity index (χ1v) is 8.50. The van der Waals surface area contributed by atoms with E-state index in [1.165, 1.54) is 24.3 Å².